The third-order valence-electron chi connectivity index (χ3n) is 2.54. The second-order valence-corrected chi connectivity index (χ2v) is 3.71. The molecule has 1 aliphatic heterocycles. The number of hydrogen-bond donors (Lipinski definition) is 1. The molecule has 0 saturated carbocycles. The van der Waals surface area contributed by atoms with Crippen molar-refractivity contribution in [3.05, 3.63) is 24.2 Å². The van der Waals surface area contributed by atoms with Crippen LogP contribution in [-0.2, 0) is 6.54 Å². The smallest absolute Gasteiger partial charge is 0.117 e. The van der Waals surface area contributed by atoms with Crippen LogP contribution in [0.25, 0.3) is 0 Å². The molecule has 0 aliphatic carbocycles. The number of rotatable bonds is 3. The highest BCUT2D eigenvalue weighted by atomic mass is 16.3. The first-order valence-corrected chi connectivity index (χ1v) is 4.79. The molecule has 1 saturated heterocycles. The number of likely N-dealkylation sites (tertiary alicyclic amines) is 1. The quantitative estimate of drug-likeness (QED) is 0.754. The summed E-state index contributed by atoms with van der Waals surface area (Å²) < 4.78 is 5.24. The van der Waals surface area contributed by atoms with Crippen molar-refractivity contribution in [2.45, 2.75) is 19.0 Å². The first-order chi connectivity index (χ1) is 6.34. The Hall–Kier alpha value is -0.800. The second-order valence-electron chi connectivity index (χ2n) is 3.71. The summed E-state index contributed by atoms with van der Waals surface area (Å²) in [6, 6.07) is 4.57. The lowest BCUT2D eigenvalue weighted by Gasteiger charge is -2.11. The molecule has 0 amide bonds. The zero-order chi connectivity index (χ0) is 9.10. The van der Waals surface area contributed by atoms with E-state index in [-0.39, 0.29) is 0 Å². The summed E-state index contributed by atoms with van der Waals surface area (Å²) in [5.74, 6) is 1.02. The van der Waals surface area contributed by atoms with E-state index in [0.717, 1.165) is 18.8 Å². The van der Waals surface area contributed by atoms with Gasteiger partial charge in [-0.1, -0.05) is 0 Å². The van der Waals surface area contributed by atoms with Gasteiger partial charge in [-0.15, -0.1) is 0 Å². The Kier molecular flexibility index (Phi) is 2.66. The number of hydrogen-bond acceptors (Lipinski definition) is 3. The molecule has 0 spiro atoms. The van der Waals surface area contributed by atoms with Gasteiger partial charge in [0.2, 0.25) is 0 Å². The van der Waals surface area contributed by atoms with E-state index < -0.39 is 0 Å². The number of nitrogens with one attached hydrogen (secondary N) is 1. The van der Waals surface area contributed by atoms with Gasteiger partial charge < -0.3 is 14.6 Å². The van der Waals surface area contributed by atoms with Crippen LogP contribution in [0.3, 0.4) is 0 Å². The molecule has 72 valence electrons. The Balaban J connectivity index is 1.74. The standard InChI is InChI=1S/C10H16N2O/c1-12-5-4-9(8-12)11-7-10-3-2-6-13-10/h2-3,6,9,11H,4-5,7-8H2,1H3. The first-order valence-electron chi connectivity index (χ1n) is 4.79. The average Bonchev–Trinajstić information content (AvgIpc) is 2.71. The SMILES string of the molecule is CN1CCC(NCc2ccco2)C1. The molecule has 0 aromatic carbocycles. The van der Waals surface area contributed by atoms with Crippen LogP contribution in [0.1, 0.15) is 12.2 Å². The van der Waals surface area contributed by atoms with Gasteiger partial charge in [-0.3, -0.25) is 0 Å². The van der Waals surface area contributed by atoms with Crippen LogP contribution in [0, 0.1) is 0 Å². The lowest BCUT2D eigenvalue weighted by atomic mass is 10.2. The van der Waals surface area contributed by atoms with Crippen molar-refractivity contribution in [2.75, 3.05) is 20.1 Å². The maximum absolute atomic E-state index is 5.24. The van der Waals surface area contributed by atoms with Crippen molar-refractivity contribution >= 4 is 0 Å². The van der Waals surface area contributed by atoms with Crippen LogP contribution in [0.15, 0.2) is 22.8 Å². The monoisotopic (exact) mass is 180 g/mol. The lowest BCUT2D eigenvalue weighted by molar-refractivity contribution is 0.390. The normalized spacial score (nSPS) is 23.9. The topological polar surface area (TPSA) is 28.4 Å². The number of likely N-dealkylation sites (N-methyl/N-ethyl adjacent to an activating group) is 1. The van der Waals surface area contributed by atoms with E-state index in [1.165, 1.54) is 13.0 Å². The van der Waals surface area contributed by atoms with Crippen molar-refractivity contribution in [2.24, 2.45) is 0 Å². The molecule has 13 heavy (non-hydrogen) atoms. The third kappa shape index (κ3) is 2.32. The summed E-state index contributed by atoms with van der Waals surface area (Å²) in [5.41, 5.74) is 0. The molecular weight excluding hydrogens is 164 g/mol. The Morgan fingerprint density at radius 2 is 2.62 bits per heavy atom. The molecule has 1 atom stereocenters. The predicted molar refractivity (Wildman–Crippen MR) is 51.4 cm³/mol. The average molecular weight is 180 g/mol. The van der Waals surface area contributed by atoms with Gasteiger partial charge in [0.25, 0.3) is 0 Å². The van der Waals surface area contributed by atoms with Crippen LogP contribution < -0.4 is 5.32 Å². The zero-order valence-electron chi connectivity index (χ0n) is 7.99. The summed E-state index contributed by atoms with van der Waals surface area (Å²) in [7, 11) is 2.16. The highest BCUT2D eigenvalue weighted by molar-refractivity contribution is 4.98. The highest BCUT2D eigenvalue weighted by Crippen LogP contribution is 2.07. The fourth-order valence-corrected chi connectivity index (χ4v) is 1.76. The minimum Gasteiger partial charge on any atom is -0.468 e. The summed E-state index contributed by atoms with van der Waals surface area (Å²) in [5, 5.41) is 3.48. The van der Waals surface area contributed by atoms with E-state index in [1.807, 2.05) is 12.1 Å². The van der Waals surface area contributed by atoms with Crippen molar-refractivity contribution in [1.82, 2.24) is 10.2 Å². The molecule has 1 aromatic rings. The van der Waals surface area contributed by atoms with E-state index in [1.54, 1.807) is 6.26 Å². The van der Waals surface area contributed by atoms with Gasteiger partial charge in [0.1, 0.15) is 5.76 Å². The molecule has 3 heteroatoms. The molecule has 1 aliphatic rings. The molecular formula is C10H16N2O. The van der Waals surface area contributed by atoms with Crippen LogP contribution in [0.5, 0.6) is 0 Å². The molecule has 2 heterocycles. The fraction of sp³-hybridized carbons (Fsp3) is 0.600. The van der Waals surface area contributed by atoms with Gasteiger partial charge in [0.15, 0.2) is 0 Å². The Bertz CT molecular complexity index is 245. The summed E-state index contributed by atoms with van der Waals surface area (Å²) in [6.07, 6.45) is 2.97. The summed E-state index contributed by atoms with van der Waals surface area (Å²) >= 11 is 0. The van der Waals surface area contributed by atoms with Crippen molar-refractivity contribution < 1.29 is 4.42 Å². The van der Waals surface area contributed by atoms with Crippen molar-refractivity contribution in [1.29, 1.82) is 0 Å². The Morgan fingerprint density at radius 3 is 3.23 bits per heavy atom. The largest absolute Gasteiger partial charge is 0.468 e. The van der Waals surface area contributed by atoms with Gasteiger partial charge in [-0.05, 0) is 32.1 Å². The van der Waals surface area contributed by atoms with Crippen molar-refractivity contribution in [3.63, 3.8) is 0 Å². The van der Waals surface area contributed by atoms with Crippen LogP contribution in [0.2, 0.25) is 0 Å². The molecule has 0 radical (unpaired) electrons. The van der Waals surface area contributed by atoms with Gasteiger partial charge in [-0.25, -0.2) is 0 Å². The Morgan fingerprint density at radius 1 is 1.69 bits per heavy atom. The van der Waals surface area contributed by atoms with Crippen LogP contribution >= 0.6 is 0 Å². The van der Waals surface area contributed by atoms with E-state index in [0.29, 0.717) is 6.04 Å². The van der Waals surface area contributed by atoms with Crippen LogP contribution in [-0.4, -0.2) is 31.1 Å². The molecule has 1 N–H and O–H groups in total. The van der Waals surface area contributed by atoms with Gasteiger partial charge in [0, 0.05) is 12.6 Å². The molecule has 1 aromatic heterocycles. The molecule has 3 nitrogen and oxygen atoms in total. The zero-order valence-corrected chi connectivity index (χ0v) is 7.99. The first kappa shape index (κ1) is 8.78. The predicted octanol–water partition coefficient (Wildman–Crippen LogP) is 1.07. The lowest BCUT2D eigenvalue weighted by Crippen LogP contribution is -2.30. The fourth-order valence-electron chi connectivity index (χ4n) is 1.76. The third-order valence-corrected chi connectivity index (χ3v) is 2.54. The van der Waals surface area contributed by atoms with Crippen LogP contribution in [0.4, 0.5) is 0 Å². The molecule has 1 unspecified atom stereocenters. The van der Waals surface area contributed by atoms with Crippen molar-refractivity contribution in [3.8, 4) is 0 Å². The van der Waals surface area contributed by atoms with E-state index in [4.69, 9.17) is 4.42 Å². The molecule has 0 bridgehead atoms. The second kappa shape index (κ2) is 3.94. The van der Waals surface area contributed by atoms with Gasteiger partial charge in [-0.2, -0.15) is 0 Å². The van der Waals surface area contributed by atoms with Gasteiger partial charge >= 0.3 is 0 Å². The van der Waals surface area contributed by atoms with E-state index >= 15 is 0 Å². The number of furan rings is 1. The summed E-state index contributed by atoms with van der Waals surface area (Å²) in [6.45, 7) is 3.21. The molecule has 2 rings (SSSR count). The maximum atomic E-state index is 5.24. The minimum atomic E-state index is 0.634. The number of nitrogens with zero attached hydrogens (tertiary/aromatic N) is 1. The highest BCUT2D eigenvalue weighted by Gasteiger charge is 2.18. The summed E-state index contributed by atoms with van der Waals surface area (Å²) in [4.78, 5) is 2.35. The minimum absolute atomic E-state index is 0.634. The Labute approximate surface area is 78.7 Å². The van der Waals surface area contributed by atoms with E-state index in [2.05, 4.69) is 17.3 Å². The van der Waals surface area contributed by atoms with E-state index in [9.17, 15) is 0 Å². The molecule has 1 fully saturated rings. The van der Waals surface area contributed by atoms with Gasteiger partial charge in [0.05, 0.1) is 12.8 Å². The maximum Gasteiger partial charge on any atom is 0.117 e.